The van der Waals surface area contributed by atoms with Gasteiger partial charge in [-0.3, -0.25) is 9.59 Å². The van der Waals surface area contributed by atoms with Gasteiger partial charge in [-0.2, -0.15) is 0 Å². The van der Waals surface area contributed by atoms with E-state index in [4.69, 9.17) is 11.6 Å². The average molecular weight is 501 g/mol. The molecule has 0 heterocycles. The van der Waals surface area contributed by atoms with E-state index < -0.39 is 5.25 Å². The van der Waals surface area contributed by atoms with Gasteiger partial charge in [-0.1, -0.05) is 66.2 Å². The van der Waals surface area contributed by atoms with Gasteiger partial charge in [0, 0.05) is 21.3 Å². The molecule has 1 unspecified atom stereocenters. The van der Waals surface area contributed by atoms with Crippen LogP contribution in [0.1, 0.15) is 21.9 Å². The zero-order chi connectivity index (χ0) is 24.6. The Kier molecular flexibility index (Phi) is 8.24. The number of carbonyl (C=O) groups excluding carboxylic acids is 2. The highest BCUT2D eigenvalue weighted by atomic mass is 35.5. The molecule has 4 rings (SSSR count). The minimum atomic E-state index is -0.429. The van der Waals surface area contributed by atoms with E-state index in [-0.39, 0.29) is 18.2 Å². The molecule has 6 heteroatoms. The van der Waals surface area contributed by atoms with E-state index in [1.54, 1.807) is 12.1 Å². The first-order chi connectivity index (χ1) is 17.0. The molecule has 4 nitrogen and oxygen atoms in total. The Bertz CT molecular complexity index is 1290. The number of hydrogen-bond acceptors (Lipinski definition) is 3. The zero-order valence-electron chi connectivity index (χ0n) is 19.2. The molecule has 4 aromatic carbocycles. The minimum Gasteiger partial charge on any atom is -0.326 e. The second-order valence-electron chi connectivity index (χ2n) is 8.14. The van der Waals surface area contributed by atoms with Crippen LogP contribution < -0.4 is 10.6 Å². The van der Waals surface area contributed by atoms with E-state index in [2.05, 4.69) is 10.6 Å². The van der Waals surface area contributed by atoms with E-state index >= 15 is 0 Å². The normalized spacial score (nSPS) is 11.5. The number of amides is 2. The van der Waals surface area contributed by atoms with Crippen molar-refractivity contribution in [1.82, 2.24) is 0 Å². The van der Waals surface area contributed by atoms with Gasteiger partial charge in [0.15, 0.2) is 0 Å². The molecule has 0 spiro atoms. The molecule has 0 aliphatic rings. The minimum absolute atomic E-state index is 0.0906. The number of thioether (sulfide) groups is 1. The number of rotatable bonds is 8. The summed E-state index contributed by atoms with van der Waals surface area (Å²) in [5.41, 5.74) is 4.37. The van der Waals surface area contributed by atoms with Crippen LogP contribution in [0.3, 0.4) is 0 Å². The van der Waals surface area contributed by atoms with Crippen molar-refractivity contribution in [2.75, 3.05) is 10.6 Å². The van der Waals surface area contributed by atoms with Gasteiger partial charge in [0.1, 0.15) is 5.25 Å². The van der Waals surface area contributed by atoms with Crippen LogP contribution in [0.15, 0.2) is 108 Å². The molecule has 0 radical (unpaired) electrons. The summed E-state index contributed by atoms with van der Waals surface area (Å²) >= 11 is 7.37. The quantitative estimate of drug-likeness (QED) is 0.249. The summed E-state index contributed by atoms with van der Waals surface area (Å²) in [6.45, 7) is 1.99. The third-order valence-electron chi connectivity index (χ3n) is 5.30. The molecule has 0 saturated carbocycles. The fraction of sp³-hybridized carbons (Fsp3) is 0.103. The predicted octanol–water partition coefficient (Wildman–Crippen LogP) is 7.30. The molecule has 0 fully saturated rings. The van der Waals surface area contributed by atoms with Gasteiger partial charge in [0.05, 0.1) is 6.42 Å². The van der Waals surface area contributed by atoms with Gasteiger partial charge < -0.3 is 10.6 Å². The summed E-state index contributed by atoms with van der Waals surface area (Å²) in [6.07, 6.45) is 0.267. The maximum atomic E-state index is 13.2. The van der Waals surface area contributed by atoms with E-state index in [0.29, 0.717) is 10.7 Å². The summed E-state index contributed by atoms with van der Waals surface area (Å²) in [6, 6.07) is 32.2. The number of aryl methyl sites for hydroxylation is 1. The Hall–Kier alpha value is -3.54. The average Bonchev–Trinajstić information content (AvgIpc) is 2.85. The molecule has 2 N–H and O–H groups in total. The third kappa shape index (κ3) is 7.22. The highest BCUT2D eigenvalue weighted by Gasteiger charge is 2.22. The largest absolute Gasteiger partial charge is 0.326 e. The molecular weight excluding hydrogens is 476 g/mol. The van der Waals surface area contributed by atoms with Crippen LogP contribution >= 0.6 is 23.4 Å². The fourth-order valence-corrected chi connectivity index (χ4v) is 4.73. The summed E-state index contributed by atoms with van der Waals surface area (Å²) in [4.78, 5) is 26.6. The number of carbonyl (C=O) groups is 2. The molecule has 0 saturated heterocycles. The molecule has 2 amide bonds. The molecule has 0 bridgehead atoms. The first kappa shape index (κ1) is 24.6. The highest BCUT2D eigenvalue weighted by molar-refractivity contribution is 8.00. The predicted molar refractivity (Wildman–Crippen MR) is 145 cm³/mol. The molecular formula is C29H25ClN2O2S. The Balaban J connectivity index is 1.43. The van der Waals surface area contributed by atoms with E-state index in [1.807, 2.05) is 97.9 Å². The van der Waals surface area contributed by atoms with Crippen LogP contribution in [0.2, 0.25) is 5.02 Å². The van der Waals surface area contributed by atoms with Gasteiger partial charge in [0.2, 0.25) is 11.8 Å². The Morgan fingerprint density at radius 2 is 1.51 bits per heavy atom. The molecule has 0 aromatic heterocycles. The van der Waals surface area contributed by atoms with Gasteiger partial charge in [0.25, 0.3) is 0 Å². The van der Waals surface area contributed by atoms with Crippen LogP contribution in [0, 0.1) is 6.92 Å². The first-order valence-electron chi connectivity index (χ1n) is 11.2. The van der Waals surface area contributed by atoms with Crippen LogP contribution in [0.5, 0.6) is 0 Å². The molecule has 0 aliphatic heterocycles. The lowest BCUT2D eigenvalue weighted by Gasteiger charge is -2.17. The SMILES string of the molecule is Cc1cccc(NC(=O)C(Sc2ccc(NC(=O)Cc3ccc(Cl)cc3)cc2)c2ccccc2)c1. The van der Waals surface area contributed by atoms with Crippen LogP contribution in [-0.4, -0.2) is 11.8 Å². The van der Waals surface area contributed by atoms with Crippen molar-refractivity contribution in [2.24, 2.45) is 0 Å². The lowest BCUT2D eigenvalue weighted by Crippen LogP contribution is -2.19. The van der Waals surface area contributed by atoms with E-state index in [0.717, 1.165) is 27.3 Å². The van der Waals surface area contributed by atoms with Gasteiger partial charge in [-0.15, -0.1) is 11.8 Å². The van der Waals surface area contributed by atoms with Crippen molar-refractivity contribution < 1.29 is 9.59 Å². The number of halogens is 1. The number of benzene rings is 4. The van der Waals surface area contributed by atoms with Crippen LogP contribution in [-0.2, 0) is 16.0 Å². The maximum absolute atomic E-state index is 13.2. The fourth-order valence-electron chi connectivity index (χ4n) is 3.58. The second-order valence-corrected chi connectivity index (χ2v) is 9.76. The van der Waals surface area contributed by atoms with E-state index in [1.165, 1.54) is 11.8 Å². The molecule has 35 heavy (non-hydrogen) atoms. The lowest BCUT2D eigenvalue weighted by molar-refractivity contribution is -0.116. The van der Waals surface area contributed by atoms with Crippen molar-refractivity contribution in [2.45, 2.75) is 23.5 Å². The Labute approximate surface area is 214 Å². The van der Waals surface area contributed by atoms with Crippen molar-refractivity contribution >= 4 is 46.6 Å². The molecule has 0 aliphatic carbocycles. The topological polar surface area (TPSA) is 58.2 Å². The van der Waals surface area contributed by atoms with Gasteiger partial charge in [-0.05, 0) is 72.1 Å². The monoisotopic (exact) mass is 500 g/mol. The summed E-state index contributed by atoms with van der Waals surface area (Å²) in [7, 11) is 0. The standard InChI is InChI=1S/C29H25ClN2O2S/c1-20-6-5-9-25(18-20)32-29(34)28(22-7-3-2-4-8-22)35-26-16-14-24(15-17-26)31-27(33)19-21-10-12-23(30)13-11-21/h2-18,28H,19H2,1H3,(H,31,33)(H,32,34). The second kappa shape index (κ2) is 11.7. The van der Waals surface area contributed by atoms with Gasteiger partial charge in [-0.25, -0.2) is 0 Å². The summed E-state index contributed by atoms with van der Waals surface area (Å²) in [5, 5.41) is 6.17. The molecule has 1 atom stereocenters. The lowest BCUT2D eigenvalue weighted by atomic mass is 10.1. The Morgan fingerprint density at radius 1 is 0.800 bits per heavy atom. The van der Waals surface area contributed by atoms with E-state index in [9.17, 15) is 9.59 Å². The van der Waals surface area contributed by atoms with Crippen molar-refractivity contribution in [3.05, 3.63) is 125 Å². The molecule has 4 aromatic rings. The number of nitrogens with one attached hydrogen (secondary N) is 2. The smallest absolute Gasteiger partial charge is 0.242 e. The Morgan fingerprint density at radius 3 is 2.20 bits per heavy atom. The van der Waals surface area contributed by atoms with Gasteiger partial charge >= 0.3 is 0 Å². The first-order valence-corrected chi connectivity index (χ1v) is 12.5. The van der Waals surface area contributed by atoms with Crippen LogP contribution in [0.25, 0.3) is 0 Å². The third-order valence-corrected chi connectivity index (χ3v) is 6.81. The number of anilines is 2. The number of hydrogen-bond donors (Lipinski definition) is 2. The van der Waals surface area contributed by atoms with Crippen molar-refractivity contribution in [3.8, 4) is 0 Å². The zero-order valence-corrected chi connectivity index (χ0v) is 20.8. The summed E-state index contributed by atoms with van der Waals surface area (Å²) in [5.74, 6) is -0.195. The summed E-state index contributed by atoms with van der Waals surface area (Å²) < 4.78 is 0. The maximum Gasteiger partial charge on any atom is 0.242 e. The van der Waals surface area contributed by atoms with Crippen molar-refractivity contribution in [3.63, 3.8) is 0 Å². The van der Waals surface area contributed by atoms with Crippen LogP contribution in [0.4, 0.5) is 11.4 Å². The highest BCUT2D eigenvalue weighted by Crippen LogP contribution is 2.36. The molecule has 176 valence electrons. The van der Waals surface area contributed by atoms with Crippen molar-refractivity contribution in [1.29, 1.82) is 0 Å².